The molecule has 1 atom stereocenters. The van der Waals surface area contributed by atoms with Gasteiger partial charge in [-0.2, -0.15) is 0 Å². The Morgan fingerprint density at radius 1 is 1.11 bits per heavy atom. The molecule has 148 valence electrons. The third kappa shape index (κ3) is 3.80. The Morgan fingerprint density at radius 2 is 1.86 bits per heavy atom. The summed E-state index contributed by atoms with van der Waals surface area (Å²) in [5.41, 5.74) is 3.13. The number of rotatable bonds is 3. The van der Waals surface area contributed by atoms with E-state index in [1.807, 2.05) is 30.7 Å². The van der Waals surface area contributed by atoms with Gasteiger partial charge in [0.2, 0.25) is 5.91 Å². The van der Waals surface area contributed by atoms with Crippen molar-refractivity contribution in [2.45, 2.75) is 64.2 Å². The van der Waals surface area contributed by atoms with Gasteiger partial charge >= 0.3 is 0 Å². The number of aromatic nitrogens is 3. The Morgan fingerprint density at radius 3 is 2.50 bits per heavy atom. The molecule has 1 aliphatic heterocycles. The third-order valence-electron chi connectivity index (χ3n) is 6.05. The van der Waals surface area contributed by atoms with Crippen molar-refractivity contribution in [1.29, 1.82) is 0 Å². The summed E-state index contributed by atoms with van der Waals surface area (Å²) in [4.78, 5) is 28.8. The maximum Gasteiger partial charge on any atom is 0.225 e. The van der Waals surface area contributed by atoms with Gasteiger partial charge in [0.05, 0.1) is 5.69 Å². The van der Waals surface area contributed by atoms with Crippen LogP contribution in [0.25, 0.3) is 11.1 Å². The molecule has 2 fully saturated rings. The van der Waals surface area contributed by atoms with Gasteiger partial charge in [0.25, 0.3) is 0 Å². The van der Waals surface area contributed by atoms with E-state index in [0.717, 1.165) is 61.4 Å². The molecule has 0 spiro atoms. The standard InChI is InChI=1S/C23H30N4O/c1-23(2,3)22-25-14-19(16-9-11-24-12-10-16)20(26-22)18-8-5-13-27(15-18)21(28)17-6-4-7-17/h9-12,14,17-18H,4-8,13,15H2,1-3H3. The number of likely N-dealkylation sites (tertiary alicyclic amines) is 1. The van der Waals surface area contributed by atoms with Crippen molar-refractivity contribution in [3.8, 4) is 11.1 Å². The summed E-state index contributed by atoms with van der Waals surface area (Å²) in [7, 11) is 0. The molecule has 1 saturated heterocycles. The third-order valence-corrected chi connectivity index (χ3v) is 6.05. The predicted octanol–water partition coefficient (Wildman–Crippen LogP) is 4.34. The number of amides is 1. The second-order valence-electron chi connectivity index (χ2n) is 9.23. The summed E-state index contributed by atoms with van der Waals surface area (Å²) in [6.07, 6.45) is 11.0. The number of carbonyl (C=O) groups is 1. The number of carbonyl (C=O) groups excluding carboxylic acids is 1. The van der Waals surface area contributed by atoms with E-state index in [1.54, 1.807) is 0 Å². The Kier molecular flexibility index (Phi) is 5.17. The molecule has 5 heteroatoms. The molecule has 0 bridgehead atoms. The molecule has 2 aliphatic rings. The maximum absolute atomic E-state index is 12.8. The zero-order valence-electron chi connectivity index (χ0n) is 17.2. The monoisotopic (exact) mass is 378 g/mol. The van der Waals surface area contributed by atoms with E-state index >= 15 is 0 Å². The largest absolute Gasteiger partial charge is 0.342 e. The highest BCUT2D eigenvalue weighted by Crippen LogP contribution is 2.36. The van der Waals surface area contributed by atoms with Gasteiger partial charge < -0.3 is 4.90 Å². The molecular formula is C23H30N4O. The van der Waals surface area contributed by atoms with Crippen LogP contribution in [0.3, 0.4) is 0 Å². The minimum Gasteiger partial charge on any atom is -0.342 e. The smallest absolute Gasteiger partial charge is 0.225 e. The fraction of sp³-hybridized carbons (Fsp3) is 0.565. The summed E-state index contributed by atoms with van der Waals surface area (Å²) in [6, 6.07) is 4.03. The molecule has 0 aromatic carbocycles. The molecular weight excluding hydrogens is 348 g/mol. The zero-order valence-corrected chi connectivity index (χ0v) is 17.2. The minimum absolute atomic E-state index is 0.109. The topological polar surface area (TPSA) is 59.0 Å². The molecule has 1 aliphatic carbocycles. The molecule has 0 radical (unpaired) electrons. The molecule has 1 amide bonds. The minimum atomic E-state index is -0.109. The van der Waals surface area contributed by atoms with E-state index in [4.69, 9.17) is 4.98 Å². The second kappa shape index (κ2) is 7.61. The van der Waals surface area contributed by atoms with Gasteiger partial charge in [-0.1, -0.05) is 27.2 Å². The number of nitrogens with zero attached hydrogens (tertiary/aromatic N) is 4. The van der Waals surface area contributed by atoms with E-state index in [9.17, 15) is 4.79 Å². The summed E-state index contributed by atoms with van der Waals surface area (Å²) >= 11 is 0. The highest BCUT2D eigenvalue weighted by Gasteiger charge is 2.34. The lowest BCUT2D eigenvalue weighted by Crippen LogP contribution is -2.44. The average molecular weight is 379 g/mol. The molecule has 2 aromatic rings. The Labute approximate surface area is 167 Å². The van der Waals surface area contributed by atoms with Crippen LogP contribution in [0.1, 0.15) is 70.3 Å². The fourth-order valence-corrected chi connectivity index (χ4v) is 4.14. The van der Waals surface area contributed by atoms with Crippen molar-refractivity contribution in [1.82, 2.24) is 19.9 Å². The van der Waals surface area contributed by atoms with E-state index in [-0.39, 0.29) is 17.3 Å². The van der Waals surface area contributed by atoms with Crippen LogP contribution in [0.15, 0.2) is 30.7 Å². The van der Waals surface area contributed by atoms with Crippen molar-refractivity contribution < 1.29 is 4.79 Å². The van der Waals surface area contributed by atoms with Crippen molar-refractivity contribution in [2.75, 3.05) is 13.1 Å². The molecule has 28 heavy (non-hydrogen) atoms. The van der Waals surface area contributed by atoms with Gasteiger partial charge in [-0.25, -0.2) is 9.97 Å². The lowest BCUT2D eigenvalue weighted by atomic mass is 9.83. The lowest BCUT2D eigenvalue weighted by molar-refractivity contribution is -0.139. The van der Waals surface area contributed by atoms with Crippen molar-refractivity contribution in [3.05, 3.63) is 42.2 Å². The van der Waals surface area contributed by atoms with Gasteiger partial charge in [-0.3, -0.25) is 9.78 Å². The Bertz CT molecular complexity index is 839. The van der Waals surface area contributed by atoms with E-state index in [1.165, 1.54) is 6.42 Å². The van der Waals surface area contributed by atoms with Gasteiger partial charge in [-0.15, -0.1) is 0 Å². The van der Waals surface area contributed by atoms with Crippen LogP contribution in [0, 0.1) is 5.92 Å². The van der Waals surface area contributed by atoms with Gasteiger partial charge in [0.1, 0.15) is 5.82 Å². The van der Waals surface area contributed by atoms with Crippen LogP contribution >= 0.6 is 0 Å². The summed E-state index contributed by atoms with van der Waals surface area (Å²) in [6.45, 7) is 8.09. The number of pyridine rings is 1. The van der Waals surface area contributed by atoms with Gasteiger partial charge in [0.15, 0.2) is 0 Å². The first kappa shape index (κ1) is 19.0. The average Bonchev–Trinajstić information content (AvgIpc) is 2.66. The first-order valence-corrected chi connectivity index (χ1v) is 10.5. The van der Waals surface area contributed by atoms with E-state index in [2.05, 4.69) is 35.6 Å². The van der Waals surface area contributed by atoms with E-state index in [0.29, 0.717) is 5.91 Å². The first-order valence-electron chi connectivity index (χ1n) is 10.5. The number of hydrogen-bond donors (Lipinski definition) is 0. The summed E-state index contributed by atoms with van der Waals surface area (Å²) in [5.74, 6) is 1.73. The Hall–Kier alpha value is -2.30. The fourth-order valence-electron chi connectivity index (χ4n) is 4.14. The van der Waals surface area contributed by atoms with Crippen LogP contribution in [0.4, 0.5) is 0 Å². The molecule has 0 N–H and O–H groups in total. The molecule has 5 nitrogen and oxygen atoms in total. The normalized spacial score (nSPS) is 20.7. The summed E-state index contributed by atoms with van der Waals surface area (Å²) < 4.78 is 0. The van der Waals surface area contributed by atoms with Crippen LogP contribution in [0.5, 0.6) is 0 Å². The highest BCUT2D eigenvalue weighted by molar-refractivity contribution is 5.80. The highest BCUT2D eigenvalue weighted by atomic mass is 16.2. The molecule has 1 saturated carbocycles. The van der Waals surface area contributed by atoms with Gasteiger partial charge in [0, 0.05) is 54.5 Å². The van der Waals surface area contributed by atoms with E-state index < -0.39 is 0 Å². The Balaban J connectivity index is 1.68. The number of hydrogen-bond acceptors (Lipinski definition) is 4. The van der Waals surface area contributed by atoms with Crippen LogP contribution in [-0.2, 0) is 10.2 Å². The first-order chi connectivity index (χ1) is 13.4. The summed E-state index contributed by atoms with van der Waals surface area (Å²) in [5, 5.41) is 0. The SMILES string of the molecule is CC(C)(C)c1ncc(-c2ccncc2)c(C2CCCN(C(=O)C3CCC3)C2)n1. The molecule has 4 rings (SSSR count). The van der Waals surface area contributed by atoms with Crippen molar-refractivity contribution >= 4 is 5.91 Å². The van der Waals surface area contributed by atoms with Crippen molar-refractivity contribution in [2.24, 2.45) is 5.92 Å². The predicted molar refractivity (Wildman–Crippen MR) is 110 cm³/mol. The van der Waals surface area contributed by atoms with Crippen LogP contribution in [-0.4, -0.2) is 38.8 Å². The molecule has 2 aromatic heterocycles. The zero-order chi connectivity index (χ0) is 19.7. The van der Waals surface area contributed by atoms with Gasteiger partial charge in [-0.05, 0) is 43.4 Å². The quantitative estimate of drug-likeness (QED) is 0.797. The number of piperidine rings is 1. The second-order valence-corrected chi connectivity index (χ2v) is 9.23. The van der Waals surface area contributed by atoms with Crippen LogP contribution < -0.4 is 0 Å². The van der Waals surface area contributed by atoms with Crippen molar-refractivity contribution in [3.63, 3.8) is 0 Å². The molecule has 1 unspecified atom stereocenters. The maximum atomic E-state index is 12.8. The lowest BCUT2D eigenvalue weighted by Gasteiger charge is -2.37. The van der Waals surface area contributed by atoms with Crippen LogP contribution in [0.2, 0.25) is 0 Å². The molecule has 3 heterocycles.